The fraction of sp³-hybridized carbons (Fsp3) is 0.222. The van der Waals surface area contributed by atoms with Gasteiger partial charge in [-0.15, -0.1) is 0 Å². The van der Waals surface area contributed by atoms with Crippen LogP contribution < -0.4 is 11.5 Å². The molecule has 0 aliphatic rings. The zero-order chi connectivity index (χ0) is 11.0. The van der Waals surface area contributed by atoms with E-state index in [4.69, 9.17) is 16.0 Å². The van der Waals surface area contributed by atoms with Gasteiger partial charge in [0.2, 0.25) is 5.95 Å². The van der Waals surface area contributed by atoms with Crippen molar-refractivity contribution in [3.8, 4) is 11.3 Å². The second kappa shape index (κ2) is 3.23. The fourth-order valence-corrected chi connectivity index (χ4v) is 1.25. The van der Waals surface area contributed by atoms with Crippen LogP contribution in [0.2, 0.25) is 0 Å². The van der Waals surface area contributed by atoms with E-state index in [0.717, 1.165) is 11.3 Å². The Kier molecular flexibility index (Phi) is 2.03. The average molecular weight is 205 g/mol. The van der Waals surface area contributed by atoms with Crippen molar-refractivity contribution in [2.75, 3.05) is 11.5 Å². The lowest BCUT2D eigenvalue weighted by molar-refractivity contribution is 0.427. The van der Waals surface area contributed by atoms with E-state index in [0.29, 0.717) is 17.1 Å². The summed E-state index contributed by atoms with van der Waals surface area (Å²) < 4.78 is 5.15. The Morgan fingerprint density at radius 3 is 2.53 bits per heavy atom. The molecule has 0 aliphatic heterocycles. The van der Waals surface area contributed by atoms with Gasteiger partial charge in [-0.1, -0.05) is 5.16 Å². The summed E-state index contributed by atoms with van der Waals surface area (Å²) in [7, 11) is 0. The molecule has 0 saturated carbocycles. The molecule has 6 nitrogen and oxygen atoms in total. The van der Waals surface area contributed by atoms with Crippen molar-refractivity contribution in [3.63, 3.8) is 0 Å². The predicted octanol–water partition coefficient (Wildman–Crippen LogP) is 0.913. The van der Waals surface area contributed by atoms with E-state index in [1.165, 1.54) is 6.20 Å². The first-order valence-electron chi connectivity index (χ1n) is 4.41. The molecule has 0 atom stereocenters. The van der Waals surface area contributed by atoms with E-state index in [1.54, 1.807) is 0 Å². The smallest absolute Gasteiger partial charge is 0.221 e. The topological polar surface area (TPSA) is 104 Å². The Bertz CT molecular complexity index is 505. The summed E-state index contributed by atoms with van der Waals surface area (Å²) in [5, 5.41) is 3.84. The first-order valence-corrected chi connectivity index (χ1v) is 4.41. The highest BCUT2D eigenvalue weighted by molar-refractivity contribution is 5.71. The Morgan fingerprint density at radius 1 is 1.27 bits per heavy atom. The van der Waals surface area contributed by atoms with Gasteiger partial charge in [-0.3, -0.25) is 0 Å². The normalized spacial score (nSPS) is 10.5. The summed E-state index contributed by atoms with van der Waals surface area (Å²) in [6.45, 7) is 3.76. The summed E-state index contributed by atoms with van der Waals surface area (Å²) in [5.74, 6) is 1.02. The minimum Gasteiger partial charge on any atom is -0.383 e. The summed E-state index contributed by atoms with van der Waals surface area (Å²) in [6, 6.07) is 0. The molecule has 15 heavy (non-hydrogen) atoms. The Balaban J connectivity index is 2.59. The van der Waals surface area contributed by atoms with Crippen molar-refractivity contribution >= 4 is 11.8 Å². The van der Waals surface area contributed by atoms with Gasteiger partial charge in [0.05, 0.1) is 11.3 Å². The van der Waals surface area contributed by atoms with Gasteiger partial charge < -0.3 is 16.0 Å². The number of anilines is 2. The summed E-state index contributed by atoms with van der Waals surface area (Å²) in [6.07, 6.45) is 1.53. The number of nitrogens with zero attached hydrogens (tertiary/aromatic N) is 3. The van der Waals surface area contributed by atoms with Gasteiger partial charge in [0.1, 0.15) is 5.82 Å². The highest BCUT2D eigenvalue weighted by Gasteiger charge is 2.14. The maximum Gasteiger partial charge on any atom is 0.221 e. The molecule has 0 aliphatic carbocycles. The average Bonchev–Trinajstić information content (AvgIpc) is 2.49. The van der Waals surface area contributed by atoms with Crippen molar-refractivity contribution in [1.82, 2.24) is 15.1 Å². The van der Waals surface area contributed by atoms with E-state index in [1.807, 2.05) is 13.8 Å². The van der Waals surface area contributed by atoms with E-state index in [9.17, 15) is 0 Å². The van der Waals surface area contributed by atoms with Crippen molar-refractivity contribution in [3.05, 3.63) is 17.5 Å². The van der Waals surface area contributed by atoms with E-state index in [-0.39, 0.29) is 5.95 Å². The number of nitrogens with two attached hydrogens (primary N) is 2. The van der Waals surface area contributed by atoms with Crippen LogP contribution in [0, 0.1) is 13.8 Å². The minimum atomic E-state index is 0.144. The Hall–Kier alpha value is -2.11. The largest absolute Gasteiger partial charge is 0.383 e. The Morgan fingerprint density at radius 2 is 2.00 bits per heavy atom. The third-order valence-corrected chi connectivity index (χ3v) is 2.24. The monoisotopic (exact) mass is 205 g/mol. The van der Waals surface area contributed by atoms with Gasteiger partial charge in [0.15, 0.2) is 5.76 Å². The molecular formula is C9H11N5O. The zero-order valence-electron chi connectivity index (χ0n) is 8.48. The van der Waals surface area contributed by atoms with Crippen LogP contribution in [0.15, 0.2) is 10.7 Å². The minimum absolute atomic E-state index is 0.144. The van der Waals surface area contributed by atoms with Gasteiger partial charge in [0, 0.05) is 11.8 Å². The van der Waals surface area contributed by atoms with E-state index in [2.05, 4.69) is 15.1 Å². The number of rotatable bonds is 1. The summed E-state index contributed by atoms with van der Waals surface area (Å²) in [4.78, 5) is 7.72. The van der Waals surface area contributed by atoms with Crippen LogP contribution in [0.25, 0.3) is 11.3 Å². The van der Waals surface area contributed by atoms with Crippen LogP contribution in [0.5, 0.6) is 0 Å². The third kappa shape index (κ3) is 1.50. The van der Waals surface area contributed by atoms with Gasteiger partial charge in [-0.2, -0.15) is 4.98 Å². The number of aryl methyl sites for hydroxylation is 1. The predicted molar refractivity (Wildman–Crippen MR) is 55.8 cm³/mol. The molecule has 0 bridgehead atoms. The first-order chi connectivity index (χ1) is 7.09. The molecule has 0 fully saturated rings. The number of hydrogen-bond acceptors (Lipinski definition) is 6. The lowest BCUT2D eigenvalue weighted by Crippen LogP contribution is -2.01. The zero-order valence-corrected chi connectivity index (χ0v) is 8.48. The van der Waals surface area contributed by atoms with Crippen molar-refractivity contribution in [2.45, 2.75) is 13.8 Å². The maximum absolute atomic E-state index is 5.71. The van der Waals surface area contributed by atoms with Gasteiger partial charge in [-0.25, -0.2) is 4.98 Å². The van der Waals surface area contributed by atoms with Crippen LogP contribution in [-0.4, -0.2) is 15.1 Å². The summed E-state index contributed by atoms with van der Waals surface area (Å²) in [5.41, 5.74) is 13.5. The maximum atomic E-state index is 5.71. The molecule has 2 rings (SSSR count). The quantitative estimate of drug-likeness (QED) is 0.717. The standard InChI is InChI=1S/C9H11N5O/c1-4-5(2)14-15-7(4)6-3-12-9(11)13-8(6)10/h3H,1-2H3,(H4,10,11,12,13). The van der Waals surface area contributed by atoms with Crippen LogP contribution in [-0.2, 0) is 0 Å². The number of nitrogen functional groups attached to an aromatic ring is 2. The second-order valence-electron chi connectivity index (χ2n) is 3.25. The first kappa shape index (κ1) is 9.45. The molecule has 4 N–H and O–H groups in total. The molecule has 6 heteroatoms. The molecule has 2 aromatic heterocycles. The van der Waals surface area contributed by atoms with Crippen molar-refractivity contribution in [2.24, 2.45) is 0 Å². The van der Waals surface area contributed by atoms with Crippen molar-refractivity contribution in [1.29, 1.82) is 0 Å². The third-order valence-electron chi connectivity index (χ3n) is 2.24. The lowest BCUT2D eigenvalue weighted by atomic mass is 10.1. The SMILES string of the molecule is Cc1noc(-c2cnc(N)nc2N)c1C. The molecule has 0 aromatic carbocycles. The van der Waals surface area contributed by atoms with Gasteiger partial charge in [0.25, 0.3) is 0 Å². The molecule has 0 radical (unpaired) electrons. The van der Waals surface area contributed by atoms with Crippen LogP contribution >= 0.6 is 0 Å². The molecule has 2 aromatic rings. The molecule has 0 saturated heterocycles. The summed E-state index contributed by atoms with van der Waals surface area (Å²) >= 11 is 0. The highest BCUT2D eigenvalue weighted by atomic mass is 16.5. The molecule has 0 unspecified atom stereocenters. The molecular weight excluding hydrogens is 194 g/mol. The highest BCUT2D eigenvalue weighted by Crippen LogP contribution is 2.28. The number of aromatic nitrogens is 3. The van der Waals surface area contributed by atoms with Gasteiger partial charge in [-0.05, 0) is 13.8 Å². The fourth-order valence-electron chi connectivity index (χ4n) is 1.25. The Labute approximate surface area is 86.3 Å². The van der Waals surface area contributed by atoms with Crippen molar-refractivity contribution < 1.29 is 4.52 Å². The van der Waals surface area contributed by atoms with Gasteiger partial charge >= 0.3 is 0 Å². The molecule has 78 valence electrons. The van der Waals surface area contributed by atoms with Crippen LogP contribution in [0.4, 0.5) is 11.8 Å². The second-order valence-corrected chi connectivity index (χ2v) is 3.25. The number of hydrogen-bond donors (Lipinski definition) is 2. The van der Waals surface area contributed by atoms with Crippen LogP contribution in [0.3, 0.4) is 0 Å². The van der Waals surface area contributed by atoms with E-state index < -0.39 is 0 Å². The molecule has 0 amide bonds. The molecule has 0 spiro atoms. The lowest BCUT2D eigenvalue weighted by Gasteiger charge is -2.01. The van der Waals surface area contributed by atoms with Crippen LogP contribution in [0.1, 0.15) is 11.3 Å². The van der Waals surface area contributed by atoms with E-state index >= 15 is 0 Å². The molecule has 2 heterocycles.